The molecule has 0 saturated heterocycles. The topological polar surface area (TPSA) is 123 Å². The standard InChI is InChI=1S/C20H12ClN3O6/c21-16-6-4-12(24(28)29)9-17(16)22-18(25)11-3-5-14-15(8-11)20(27)23(19(14)26)10-13-2-1-7-30-13/h1-9H,10H2,(H,22,25). The molecule has 10 heteroatoms. The van der Waals surface area contributed by atoms with Crippen molar-refractivity contribution in [2.45, 2.75) is 6.54 Å². The number of carbonyl (C=O) groups excluding carboxylic acids is 3. The van der Waals surface area contributed by atoms with Gasteiger partial charge in [-0.25, -0.2) is 0 Å². The molecule has 0 aliphatic carbocycles. The number of nitro groups is 1. The van der Waals surface area contributed by atoms with Gasteiger partial charge in [0.2, 0.25) is 0 Å². The zero-order valence-corrected chi connectivity index (χ0v) is 15.9. The lowest BCUT2D eigenvalue weighted by Gasteiger charge is -2.11. The minimum absolute atomic E-state index is 0.0236. The summed E-state index contributed by atoms with van der Waals surface area (Å²) in [5.74, 6) is -1.22. The second-order valence-electron chi connectivity index (χ2n) is 6.41. The van der Waals surface area contributed by atoms with Crippen LogP contribution in [0, 0.1) is 10.1 Å². The minimum atomic E-state index is -0.634. The van der Waals surface area contributed by atoms with Crippen LogP contribution in [0.25, 0.3) is 0 Å². The van der Waals surface area contributed by atoms with Crippen LogP contribution in [0.15, 0.2) is 59.2 Å². The van der Waals surface area contributed by atoms with Crippen LogP contribution in [0.2, 0.25) is 5.02 Å². The highest BCUT2D eigenvalue weighted by atomic mass is 35.5. The van der Waals surface area contributed by atoms with E-state index in [1.165, 1.54) is 36.6 Å². The van der Waals surface area contributed by atoms with Crippen molar-refractivity contribution in [2.24, 2.45) is 0 Å². The molecular weight excluding hydrogens is 414 g/mol. The van der Waals surface area contributed by atoms with Crippen molar-refractivity contribution in [3.8, 4) is 0 Å². The first-order valence-electron chi connectivity index (χ1n) is 8.63. The van der Waals surface area contributed by atoms with Gasteiger partial charge in [0.25, 0.3) is 23.4 Å². The number of nitro benzene ring substituents is 1. The molecule has 1 aliphatic rings. The summed E-state index contributed by atoms with van der Waals surface area (Å²) in [6.45, 7) is -0.0236. The normalized spacial score (nSPS) is 12.8. The van der Waals surface area contributed by atoms with E-state index in [9.17, 15) is 24.5 Å². The Morgan fingerprint density at radius 3 is 2.57 bits per heavy atom. The van der Waals surface area contributed by atoms with Gasteiger partial charge in [-0.1, -0.05) is 11.6 Å². The number of imide groups is 1. The number of halogens is 1. The second kappa shape index (κ2) is 7.45. The second-order valence-corrected chi connectivity index (χ2v) is 6.82. The Morgan fingerprint density at radius 2 is 1.87 bits per heavy atom. The third-order valence-corrected chi connectivity index (χ3v) is 4.87. The summed E-state index contributed by atoms with van der Waals surface area (Å²) in [6.07, 6.45) is 1.44. The van der Waals surface area contributed by atoms with Crippen molar-refractivity contribution in [3.63, 3.8) is 0 Å². The molecule has 1 N–H and O–H groups in total. The first kappa shape index (κ1) is 19.3. The Balaban J connectivity index is 1.58. The number of nitrogens with zero attached hydrogens (tertiary/aromatic N) is 2. The number of rotatable bonds is 5. The highest BCUT2D eigenvalue weighted by Gasteiger charge is 2.36. The Hall–Kier alpha value is -3.98. The predicted molar refractivity (Wildman–Crippen MR) is 105 cm³/mol. The fourth-order valence-corrected chi connectivity index (χ4v) is 3.22. The molecular formula is C20H12ClN3O6. The first-order valence-corrected chi connectivity index (χ1v) is 9.01. The summed E-state index contributed by atoms with van der Waals surface area (Å²) in [7, 11) is 0. The van der Waals surface area contributed by atoms with Gasteiger partial charge in [0.15, 0.2) is 0 Å². The Labute approximate surface area is 174 Å². The molecule has 0 atom stereocenters. The fourth-order valence-electron chi connectivity index (χ4n) is 3.05. The van der Waals surface area contributed by atoms with E-state index in [-0.39, 0.29) is 39.6 Å². The molecule has 0 radical (unpaired) electrons. The van der Waals surface area contributed by atoms with E-state index in [0.717, 1.165) is 11.0 Å². The molecule has 3 aromatic rings. The number of furan rings is 1. The predicted octanol–water partition coefficient (Wildman–Crippen LogP) is 3.89. The highest BCUT2D eigenvalue weighted by Crippen LogP contribution is 2.29. The maximum atomic E-state index is 12.7. The number of benzene rings is 2. The van der Waals surface area contributed by atoms with Gasteiger partial charge in [0.1, 0.15) is 5.76 Å². The van der Waals surface area contributed by atoms with Crippen molar-refractivity contribution < 1.29 is 23.7 Å². The van der Waals surface area contributed by atoms with E-state index in [1.54, 1.807) is 12.1 Å². The summed E-state index contributed by atoms with van der Waals surface area (Å²) in [4.78, 5) is 49.2. The monoisotopic (exact) mass is 425 g/mol. The summed E-state index contributed by atoms with van der Waals surface area (Å²) < 4.78 is 5.19. The average molecular weight is 426 g/mol. The molecule has 0 fully saturated rings. The lowest BCUT2D eigenvalue weighted by molar-refractivity contribution is -0.384. The van der Waals surface area contributed by atoms with Crippen LogP contribution in [-0.4, -0.2) is 27.5 Å². The van der Waals surface area contributed by atoms with Gasteiger partial charge in [0.05, 0.1) is 39.6 Å². The SMILES string of the molecule is O=C(Nc1cc([N+](=O)[O-])ccc1Cl)c1ccc2c(c1)C(=O)N(Cc1ccco1)C2=O. The first-order chi connectivity index (χ1) is 14.3. The van der Waals surface area contributed by atoms with Gasteiger partial charge in [-0.3, -0.25) is 29.4 Å². The van der Waals surface area contributed by atoms with Crippen molar-refractivity contribution >= 4 is 40.7 Å². The third kappa shape index (κ3) is 3.42. The number of carbonyl (C=O) groups is 3. The maximum Gasteiger partial charge on any atom is 0.271 e. The molecule has 30 heavy (non-hydrogen) atoms. The number of nitrogens with one attached hydrogen (secondary N) is 1. The van der Waals surface area contributed by atoms with Gasteiger partial charge >= 0.3 is 0 Å². The maximum absolute atomic E-state index is 12.7. The van der Waals surface area contributed by atoms with Crippen molar-refractivity contribution in [3.05, 3.63) is 92.4 Å². The van der Waals surface area contributed by atoms with E-state index < -0.39 is 22.6 Å². The molecule has 3 amide bonds. The molecule has 9 nitrogen and oxygen atoms in total. The zero-order chi connectivity index (χ0) is 21.4. The number of hydrogen-bond donors (Lipinski definition) is 1. The minimum Gasteiger partial charge on any atom is -0.467 e. The van der Waals surface area contributed by atoms with E-state index in [4.69, 9.17) is 16.0 Å². The molecule has 2 aromatic carbocycles. The lowest BCUT2D eigenvalue weighted by atomic mass is 10.1. The number of fused-ring (bicyclic) bond motifs is 1. The largest absolute Gasteiger partial charge is 0.467 e. The van der Waals surface area contributed by atoms with Crippen LogP contribution in [0.4, 0.5) is 11.4 Å². The van der Waals surface area contributed by atoms with E-state index in [0.29, 0.717) is 5.76 Å². The van der Waals surface area contributed by atoms with Crippen LogP contribution in [-0.2, 0) is 6.54 Å². The molecule has 4 rings (SSSR count). The van der Waals surface area contributed by atoms with E-state index in [2.05, 4.69) is 5.32 Å². The van der Waals surface area contributed by atoms with Crippen molar-refractivity contribution in [1.82, 2.24) is 4.90 Å². The Kier molecular flexibility index (Phi) is 4.80. The van der Waals surface area contributed by atoms with Crippen LogP contribution in [0.3, 0.4) is 0 Å². The van der Waals surface area contributed by atoms with E-state index >= 15 is 0 Å². The van der Waals surface area contributed by atoms with Gasteiger partial charge in [-0.15, -0.1) is 0 Å². The molecule has 150 valence electrons. The Morgan fingerprint density at radius 1 is 1.10 bits per heavy atom. The summed E-state index contributed by atoms with van der Waals surface area (Å²) in [5.41, 5.74) is 0.175. The average Bonchev–Trinajstić information content (AvgIpc) is 3.32. The van der Waals surface area contributed by atoms with Crippen molar-refractivity contribution in [1.29, 1.82) is 0 Å². The number of amides is 3. The molecule has 2 heterocycles. The summed E-state index contributed by atoms with van der Waals surface area (Å²) >= 11 is 6.00. The van der Waals surface area contributed by atoms with Gasteiger partial charge in [-0.2, -0.15) is 0 Å². The smallest absolute Gasteiger partial charge is 0.271 e. The molecule has 1 aliphatic heterocycles. The summed E-state index contributed by atoms with van der Waals surface area (Å²) in [5, 5.41) is 13.5. The fraction of sp³-hybridized carbons (Fsp3) is 0.0500. The van der Waals surface area contributed by atoms with Gasteiger partial charge in [-0.05, 0) is 36.4 Å². The number of hydrogen-bond acceptors (Lipinski definition) is 6. The lowest BCUT2D eigenvalue weighted by Crippen LogP contribution is -2.28. The number of non-ortho nitro benzene ring substituents is 1. The molecule has 1 aromatic heterocycles. The van der Waals surface area contributed by atoms with Crippen LogP contribution in [0.1, 0.15) is 36.8 Å². The highest BCUT2D eigenvalue weighted by molar-refractivity contribution is 6.34. The van der Waals surface area contributed by atoms with Gasteiger partial charge < -0.3 is 9.73 Å². The quantitative estimate of drug-likeness (QED) is 0.376. The van der Waals surface area contributed by atoms with E-state index in [1.807, 2.05) is 0 Å². The third-order valence-electron chi connectivity index (χ3n) is 4.54. The Bertz CT molecular complexity index is 1210. The number of anilines is 1. The molecule has 0 spiro atoms. The van der Waals surface area contributed by atoms with Gasteiger partial charge in [0, 0.05) is 17.7 Å². The zero-order valence-electron chi connectivity index (χ0n) is 15.1. The van der Waals surface area contributed by atoms with Crippen LogP contribution >= 0.6 is 11.6 Å². The molecule has 0 unspecified atom stereocenters. The van der Waals surface area contributed by atoms with Crippen LogP contribution < -0.4 is 5.32 Å². The van der Waals surface area contributed by atoms with Crippen molar-refractivity contribution in [2.75, 3.05) is 5.32 Å². The summed E-state index contributed by atoms with van der Waals surface area (Å²) in [6, 6.07) is 11.0. The molecule has 0 bridgehead atoms. The van der Waals surface area contributed by atoms with Crippen LogP contribution in [0.5, 0.6) is 0 Å². The molecule has 0 saturated carbocycles.